The van der Waals surface area contributed by atoms with E-state index < -0.39 is 27.7 Å². The monoisotopic (exact) mass is 398 g/mol. The van der Waals surface area contributed by atoms with Crippen molar-refractivity contribution in [2.24, 2.45) is 0 Å². The van der Waals surface area contributed by atoms with E-state index in [-0.39, 0.29) is 5.56 Å². The molecule has 0 aliphatic carbocycles. The van der Waals surface area contributed by atoms with Crippen LogP contribution in [0, 0.1) is 0 Å². The minimum absolute atomic E-state index is 0.111. The van der Waals surface area contributed by atoms with Gasteiger partial charge in [0.05, 0.1) is 17.5 Å². The first-order valence-corrected chi connectivity index (χ1v) is 10.00. The molecular weight excluding hydrogens is 381 g/mol. The zero-order chi connectivity index (χ0) is 19.8. The van der Waals surface area contributed by atoms with Crippen molar-refractivity contribution in [3.05, 3.63) is 59.2 Å². The van der Waals surface area contributed by atoms with E-state index in [1.165, 1.54) is 22.5 Å². The second kappa shape index (κ2) is 6.88. The van der Waals surface area contributed by atoms with Gasteiger partial charge in [0.1, 0.15) is 0 Å². The molecule has 1 heterocycles. The molecule has 2 aromatic rings. The van der Waals surface area contributed by atoms with Gasteiger partial charge in [-0.15, -0.1) is 0 Å². The lowest BCUT2D eigenvalue weighted by Gasteiger charge is -2.29. The van der Waals surface area contributed by atoms with E-state index in [4.69, 9.17) is 0 Å². The molecule has 1 aliphatic heterocycles. The van der Waals surface area contributed by atoms with Crippen LogP contribution in [0.3, 0.4) is 0 Å². The maximum atomic E-state index is 12.8. The van der Waals surface area contributed by atoms with Crippen LogP contribution in [0.25, 0.3) is 0 Å². The Balaban J connectivity index is 1.84. The SMILES string of the molecule is CS(=O)(=O)N1CCCc2cc(NC(=O)c3cccc(C(F)(F)F)c3)ccc21. The minimum atomic E-state index is -4.53. The fourth-order valence-corrected chi connectivity index (χ4v) is 4.02. The van der Waals surface area contributed by atoms with Gasteiger partial charge in [-0.05, 0) is 54.8 Å². The van der Waals surface area contributed by atoms with Gasteiger partial charge >= 0.3 is 6.18 Å². The quantitative estimate of drug-likeness (QED) is 0.858. The highest BCUT2D eigenvalue weighted by Crippen LogP contribution is 2.32. The minimum Gasteiger partial charge on any atom is -0.322 e. The Kier molecular flexibility index (Phi) is 4.90. The van der Waals surface area contributed by atoms with Crippen LogP contribution in [0.1, 0.15) is 27.9 Å². The molecule has 1 amide bonds. The molecule has 1 N–H and O–H groups in total. The van der Waals surface area contributed by atoms with Gasteiger partial charge in [0, 0.05) is 17.8 Å². The van der Waals surface area contributed by atoms with E-state index in [2.05, 4.69) is 5.32 Å². The molecule has 0 atom stereocenters. The number of rotatable bonds is 3. The third kappa shape index (κ3) is 4.24. The predicted octanol–water partition coefficient (Wildman–Crippen LogP) is 3.67. The number of hydrogen-bond donors (Lipinski definition) is 1. The first kappa shape index (κ1) is 19.2. The third-order valence-corrected chi connectivity index (χ3v) is 5.45. The molecule has 9 heteroatoms. The number of aryl methyl sites for hydroxylation is 1. The fourth-order valence-electron chi connectivity index (χ4n) is 3.02. The Morgan fingerprint density at radius 3 is 2.56 bits per heavy atom. The number of hydrogen-bond acceptors (Lipinski definition) is 3. The average Bonchev–Trinajstić information content (AvgIpc) is 2.59. The Hall–Kier alpha value is -2.55. The summed E-state index contributed by atoms with van der Waals surface area (Å²) in [5.74, 6) is -0.670. The lowest BCUT2D eigenvalue weighted by Crippen LogP contribution is -2.34. The molecule has 0 saturated heterocycles. The smallest absolute Gasteiger partial charge is 0.322 e. The van der Waals surface area contributed by atoms with Crippen molar-refractivity contribution in [2.45, 2.75) is 19.0 Å². The number of alkyl halides is 3. The zero-order valence-corrected chi connectivity index (χ0v) is 15.2. The van der Waals surface area contributed by atoms with E-state index in [1.807, 2.05) is 0 Å². The van der Waals surface area contributed by atoms with Crippen LogP contribution in [-0.2, 0) is 22.6 Å². The molecule has 0 bridgehead atoms. The molecular formula is C18H17F3N2O3S. The number of sulfonamides is 1. The van der Waals surface area contributed by atoms with E-state index in [9.17, 15) is 26.4 Å². The molecule has 0 aromatic heterocycles. The number of halogens is 3. The number of nitrogens with zero attached hydrogens (tertiary/aromatic N) is 1. The maximum absolute atomic E-state index is 12.8. The van der Waals surface area contributed by atoms with E-state index in [0.29, 0.717) is 30.8 Å². The summed E-state index contributed by atoms with van der Waals surface area (Å²) < 4.78 is 63.4. The highest BCUT2D eigenvalue weighted by atomic mass is 32.2. The summed E-state index contributed by atoms with van der Waals surface area (Å²) >= 11 is 0. The number of anilines is 2. The summed E-state index contributed by atoms with van der Waals surface area (Å²) in [5.41, 5.74) is 0.700. The number of nitrogens with one attached hydrogen (secondary N) is 1. The Morgan fingerprint density at radius 1 is 1.15 bits per heavy atom. The van der Waals surface area contributed by atoms with Crippen molar-refractivity contribution in [1.82, 2.24) is 0 Å². The van der Waals surface area contributed by atoms with Crippen LogP contribution in [0.2, 0.25) is 0 Å². The van der Waals surface area contributed by atoms with Gasteiger partial charge in [0.2, 0.25) is 10.0 Å². The molecule has 0 unspecified atom stereocenters. The van der Waals surface area contributed by atoms with E-state index in [1.54, 1.807) is 12.1 Å². The van der Waals surface area contributed by atoms with Gasteiger partial charge in [0.25, 0.3) is 5.91 Å². The number of amides is 1. The second-order valence-corrected chi connectivity index (χ2v) is 8.22. The van der Waals surface area contributed by atoms with Gasteiger partial charge in [-0.25, -0.2) is 8.42 Å². The van der Waals surface area contributed by atoms with E-state index in [0.717, 1.165) is 24.0 Å². The van der Waals surface area contributed by atoms with Crippen molar-refractivity contribution in [3.63, 3.8) is 0 Å². The Labute approximate surface area is 154 Å². The summed E-state index contributed by atoms with van der Waals surface area (Å²) in [7, 11) is -3.40. The molecule has 0 radical (unpaired) electrons. The molecule has 0 spiro atoms. The average molecular weight is 398 g/mol. The second-order valence-electron chi connectivity index (χ2n) is 6.31. The lowest BCUT2D eigenvalue weighted by molar-refractivity contribution is -0.137. The number of fused-ring (bicyclic) bond motifs is 1. The first-order valence-electron chi connectivity index (χ1n) is 8.15. The fraction of sp³-hybridized carbons (Fsp3) is 0.278. The molecule has 0 fully saturated rings. The molecule has 5 nitrogen and oxygen atoms in total. The number of carbonyl (C=O) groups is 1. The number of carbonyl (C=O) groups excluding carboxylic acids is 1. The molecule has 0 saturated carbocycles. The van der Waals surface area contributed by atoms with Crippen LogP contribution in [0.15, 0.2) is 42.5 Å². The number of benzene rings is 2. The molecule has 2 aromatic carbocycles. The van der Waals surface area contributed by atoms with Crippen LogP contribution >= 0.6 is 0 Å². The topological polar surface area (TPSA) is 66.5 Å². The largest absolute Gasteiger partial charge is 0.416 e. The highest BCUT2D eigenvalue weighted by Gasteiger charge is 2.31. The predicted molar refractivity (Wildman–Crippen MR) is 96.4 cm³/mol. The van der Waals surface area contributed by atoms with Crippen LogP contribution in [-0.4, -0.2) is 27.1 Å². The van der Waals surface area contributed by atoms with Crippen LogP contribution in [0.4, 0.5) is 24.5 Å². The van der Waals surface area contributed by atoms with Crippen molar-refractivity contribution in [2.75, 3.05) is 22.4 Å². The maximum Gasteiger partial charge on any atom is 0.416 e. The Bertz CT molecular complexity index is 988. The third-order valence-electron chi connectivity index (χ3n) is 4.27. The molecule has 3 rings (SSSR count). The summed E-state index contributed by atoms with van der Waals surface area (Å²) in [6.07, 6.45) is -2.11. The molecule has 27 heavy (non-hydrogen) atoms. The highest BCUT2D eigenvalue weighted by molar-refractivity contribution is 7.92. The van der Waals surface area contributed by atoms with Crippen LogP contribution < -0.4 is 9.62 Å². The normalized spacial score (nSPS) is 14.6. The van der Waals surface area contributed by atoms with Crippen molar-refractivity contribution in [3.8, 4) is 0 Å². The molecule has 1 aliphatic rings. The first-order chi connectivity index (χ1) is 12.6. The van der Waals surface area contributed by atoms with Crippen LogP contribution in [0.5, 0.6) is 0 Å². The van der Waals surface area contributed by atoms with Crippen molar-refractivity contribution < 1.29 is 26.4 Å². The lowest BCUT2D eigenvalue weighted by atomic mass is 10.0. The van der Waals surface area contributed by atoms with E-state index >= 15 is 0 Å². The Morgan fingerprint density at radius 2 is 1.89 bits per heavy atom. The summed E-state index contributed by atoms with van der Waals surface area (Å²) in [5, 5.41) is 2.57. The molecule has 144 valence electrons. The van der Waals surface area contributed by atoms with Gasteiger partial charge in [0.15, 0.2) is 0 Å². The zero-order valence-electron chi connectivity index (χ0n) is 14.4. The van der Waals surface area contributed by atoms with Gasteiger partial charge < -0.3 is 5.32 Å². The van der Waals surface area contributed by atoms with Crippen molar-refractivity contribution >= 4 is 27.3 Å². The van der Waals surface area contributed by atoms with Gasteiger partial charge in [-0.2, -0.15) is 13.2 Å². The van der Waals surface area contributed by atoms with Gasteiger partial charge in [-0.1, -0.05) is 6.07 Å². The summed E-state index contributed by atoms with van der Waals surface area (Å²) in [4.78, 5) is 12.3. The summed E-state index contributed by atoms with van der Waals surface area (Å²) in [6.45, 7) is 0.391. The van der Waals surface area contributed by atoms with Crippen molar-refractivity contribution in [1.29, 1.82) is 0 Å². The standard InChI is InChI=1S/C18H17F3N2O3S/c1-27(25,26)23-9-3-5-12-11-15(7-8-16(12)23)22-17(24)13-4-2-6-14(10-13)18(19,20)21/h2,4,6-8,10-11H,3,5,9H2,1H3,(H,22,24). The summed E-state index contributed by atoms with van der Waals surface area (Å²) in [6, 6.07) is 8.95. The van der Waals surface area contributed by atoms with Gasteiger partial charge in [-0.3, -0.25) is 9.10 Å².